The third-order valence-electron chi connectivity index (χ3n) is 3.96. The minimum atomic E-state index is -0.141. The van der Waals surface area contributed by atoms with Gasteiger partial charge in [-0.05, 0) is 43.0 Å². The fourth-order valence-corrected chi connectivity index (χ4v) is 2.58. The highest BCUT2D eigenvalue weighted by atomic mass is 16.5. The summed E-state index contributed by atoms with van der Waals surface area (Å²) in [6.07, 6.45) is 2.66. The maximum absolute atomic E-state index is 12.4. The molecule has 5 heteroatoms. The van der Waals surface area contributed by atoms with Crippen molar-refractivity contribution in [3.05, 3.63) is 53.6 Å². The first-order valence-electron chi connectivity index (χ1n) is 8.90. The highest BCUT2D eigenvalue weighted by Crippen LogP contribution is 2.22. The van der Waals surface area contributed by atoms with Crippen LogP contribution in [0, 0.1) is 0 Å². The van der Waals surface area contributed by atoms with Gasteiger partial charge in [0.25, 0.3) is 5.91 Å². The third-order valence-corrected chi connectivity index (χ3v) is 3.96. The summed E-state index contributed by atoms with van der Waals surface area (Å²) in [5.74, 6) is 1.98. The Bertz CT molecular complexity index is 693. The number of amides is 1. The Morgan fingerprint density at radius 1 is 1.04 bits per heavy atom. The van der Waals surface area contributed by atoms with Crippen molar-refractivity contribution in [3.63, 3.8) is 0 Å². The number of hydrogen-bond acceptors (Lipinski definition) is 4. The Balaban J connectivity index is 1.87. The molecular weight excluding hydrogens is 330 g/mol. The fourth-order valence-electron chi connectivity index (χ4n) is 2.58. The summed E-state index contributed by atoms with van der Waals surface area (Å²) in [5.41, 5.74) is 1.69. The second-order valence-corrected chi connectivity index (χ2v) is 5.92. The summed E-state index contributed by atoms with van der Waals surface area (Å²) in [7, 11) is 3.13. The first-order chi connectivity index (χ1) is 12.7. The summed E-state index contributed by atoms with van der Waals surface area (Å²) >= 11 is 0. The number of benzene rings is 2. The first-order valence-corrected chi connectivity index (χ1v) is 8.90. The van der Waals surface area contributed by atoms with E-state index in [9.17, 15) is 4.79 Å². The normalized spacial score (nSPS) is 10.3. The van der Waals surface area contributed by atoms with Crippen LogP contribution in [0.3, 0.4) is 0 Å². The van der Waals surface area contributed by atoms with E-state index in [1.54, 1.807) is 32.4 Å². The predicted molar refractivity (Wildman–Crippen MR) is 102 cm³/mol. The van der Waals surface area contributed by atoms with Crippen molar-refractivity contribution in [3.8, 4) is 17.2 Å². The van der Waals surface area contributed by atoms with Crippen LogP contribution in [0.4, 0.5) is 0 Å². The summed E-state index contributed by atoms with van der Waals surface area (Å²) in [4.78, 5) is 12.4. The van der Waals surface area contributed by atoms with E-state index < -0.39 is 0 Å². The number of rotatable bonds is 10. The largest absolute Gasteiger partial charge is 0.497 e. The van der Waals surface area contributed by atoms with Gasteiger partial charge in [0.1, 0.15) is 17.2 Å². The van der Waals surface area contributed by atoms with Crippen LogP contribution in [0.2, 0.25) is 0 Å². The Morgan fingerprint density at radius 2 is 1.73 bits per heavy atom. The van der Waals surface area contributed by atoms with Gasteiger partial charge in [0.15, 0.2) is 0 Å². The van der Waals surface area contributed by atoms with Gasteiger partial charge in [-0.1, -0.05) is 25.1 Å². The number of aryl methyl sites for hydroxylation is 1. The monoisotopic (exact) mass is 357 g/mol. The average Bonchev–Trinajstić information content (AvgIpc) is 2.69. The molecule has 0 aliphatic carbocycles. The quantitative estimate of drug-likeness (QED) is 0.656. The van der Waals surface area contributed by atoms with Crippen LogP contribution < -0.4 is 19.5 Å². The molecule has 0 atom stereocenters. The highest BCUT2D eigenvalue weighted by molar-refractivity contribution is 5.95. The van der Waals surface area contributed by atoms with Gasteiger partial charge < -0.3 is 19.5 Å². The summed E-state index contributed by atoms with van der Waals surface area (Å²) in [6, 6.07) is 13.2. The number of nitrogens with one attached hydrogen (secondary N) is 1. The van der Waals surface area contributed by atoms with E-state index in [1.807, 2.05) is 18.2 Å². The molecule has 0 heterocycles. The van der Waals surface area contributed by atoms with Crippen LogP contribution in [0.1, 0.15) is 35.7 Å². The molecule has 0 fully saturated rings. The van der Waals surface area contributed by atoms with E-state index in [1.165, 1.54) is 5.56 Å². The van der Waals surface area contributed by atoms with E-state index in [0.29, 0.717) is 30.2 Å². The molecule has 0 saturated carbocycles. The van der Waals surface area contributed by atoms with Gasteiger partial charge in [-0.15, -0.1) is 0 Å². The Hall–Kier alpha value is -2.69. The van der Waals surface area contributed by atoms with Crippen LogP contribution in [0.5, 0.6) is 17.2 Å². The minimum Gasteiger partial charge on any atom is -0.497 e. The number of para-hydroxylation sites is 1. The van der Waals surface area contributed by atoms with E-state index >= 15 is 0 Å². The van der Waals surface area contributed by atoms with Crippen molar-refractivity contribution in [2.75, 3.05) is 27.4 Å². The van der Waals surface area contributed by atoms with Crippen LogP contribution in [-0.4, -0.2) is 33.3 Å². The second-order valence-electron chi connectivity index (χ2n) is 5.92. The number of methoxy groups -OCH3 is 2. The Morgan fingerprint density at radius 3 is 2.38 bits per heavy atom. The molecule has 2 aromatic rings. The van der Waals surface area contributed by atoms with Crippen LogP contribution in [0.25, 0.3) is 0 Å². The van der Waals surface area contributed by atoms with E-state index in [4.69, 9.17) is 14.2 Å². The van der Waals surface area contributed by atoms with Crippen LogP contribution in [-0.2, 0) is 6.42 Å². The topological polar surface area (TPSA) is 56.8 Å². The van der Waals surface area contributed by atoms with Gasteiger partial charge in [-0.3, -0.25) is 4.79 Å². The lowest BCUT2D eigenvalue weighted by Gasteiger charge is -2.11. The van der Waals surface area contributed by atoms with Crippen LogP contribution >= 0.6 is 0 Å². The lowest BCUT2D eigenvalue weighted by Crippen LogP contribution is -2.24. The molecule has 0 spiro atoms. The predicted octanol–water partition coefficient (Wildman–Crippen LogP) is 3.86. The molecule has 2 aromatic carbocycles. The second kappa shape index (κ2) is 10.3. The molecule has 5 nitrogen and oxygen atoms in total. The number of hydrogen-bond donors (Lipinski definition) is 1. The molecule has 0 bridgehead atoms. The van der Waals surface area contributed by atoms with Gasteiger partial charge in [-0.25, -0.2) is 0 Å². The summed E-state index contributed by atoms with van der Waals surface area (Å²) in [6.45, 7) is 3.39. The smallest absolute Gasteiger partial charge is 0.251 e. The maximum atomic E-state index is 12.4. The lowest BCUT2D eigenvalue weighted by atomic mass is 10.1. The Labute approximate surface area is 155 Å². The van der Waals surface area contributed by atoms with Crippen molar-refractivity contribution >= 4 is 5.91 Å². The highest BCUT2D eigenvalue weighted by Gasteiger charge is 2.10. The molecule has 0 aromatic heterocycles. The van der Waals surface area contributed by atoms with Crippen molar-refractivity contribution in [1.82, 2.24) is 5.32 Å². The first kappa shape index (κ1) is 19.6. The average molecular weight is 357 g/mol. The summed E-state index contributed by atoms with van der Waals surface area (Å²) < 4.78 is 16.2. The minimum absolute atomic E-state index is 0.141. The zero-order chi connectivity index (χ0) is 18.8. The zero-order valence-corrected chi connectivity index (χ0v) is 15.7. The molecular formula is C21H27NO4. The molecule has 1 N–H and O–H groups in total. The fraction of sp³-hybridized carbons (Fsp3) is 0.381. The van der Waals surface area contributed by atoms with Crippen molar-refractivity contribution < 1.29 is 19.0 Å². The van der Waals surface area contributed by atoms with E-state index in [2.05, 4.69) is 18.3 Å². The SMILES string of the molecule is CCCOc1ccccc1CCCNC(=O)c1cc(OC)cc(OC)c1. The molecule has 2 rings (SSSR count). The molecule has 0 saturated heterocycles. The van der Waals surface area contributed by atoms with Gasteiger partial charge in [0.05, 0.1) is 20.8 Å². The Kier molecular flexibility index (Phi) is 7.80. The van der Waals surface area contributed by atoms with Crippen LogP contribution in [0.15, 0.2) is 42.5 Å². The van der Waals surface area contributed by atoms with Gasteiger partial charge in [-0.2, -0.15) is 0 Å². The maximum Gasteiger partial charge on any atom is 0.251 e. The molecule has 140 valence electrons. The summed E-state index contributed by atoms with van der Waals surface area (Å²) in [5, 5.41) is 2.94. The third kappa shape index (κ3) is 5.69. The molecule has 0 aliphatic rings. The number of ether oxygens (including phenoxy) is 3. The molecule has 0 radical (unpaired) electrons. The molecule has 26 heavy (non-hydrogen) atoms. The number of carbonyl (C=O) groups excluding carboxylic acids is 1. The van der Waals surface area contributed by atoms with Gasteiger partial charge in [0.2, 0.25) is 0 Å². The molecule has 0 aliphatic heterocycles. The molecule has 0 unspecified atom stereocenters. The van der Waals surface area contributed by atoms with Crippen molar-refractivity contribution in [2.24, 2.45) is 0 Å². The number of carbonyl (C=O) groups is 1. The zero-order valence-electron chi connectivity index (χ0n) is 15.7. The van der Waals surface area contributed by atoms with E-state index in [0.717, 1.165) is 25.0 Å². The van der Waals surface area contributed by atoms with Gasteiger partial charge >= 0.3 is 0 Å². The van der Waals surface area contributed by atoms with Crippen molar-refractivity contribution in [2.45, 2.75) is 26.2 Å². The van der Waals surface area contributed by atoms with Gasteiger partial charge in [0, 0.05) is 18.2 Å². The standard InChI is InChI=1S/C21H27NO4/c1-4-12-26-20-10-6-5-8-16(20)9-7-11-22-21(23)17-13-18(24-2)15-19(14-17)25-3/h5-6,8,10,13-15H,4,7,9,11-12H2,1-3H3,(H,22,23). The van der Waals surface area contributed by atoms with E-state index in [-0.39, 0.29) is 5.91 Å². The lowest BCUT2D eigenvalue weighted by molar-refractivity contribution is 0.0952. The van der Waals surface area contributed by atoms with Crippen molar-refractivity contribution in [1.29, 1.82) is 0 Å². The molecule has 1 amide bonds.